The van der Waals surface area contributed by atoms with Crippen molar-refractivity contribution in [2.24, 2.45) is 21.7 Å². The molecule has 4 aliphatic heterocycles. The summed E-state index contributed by atoms with van der Waals surface area (Å²) in [6.45, 7) is 24.6. The number of aromatic nitrogens is 1. The van der Waals surface area contributed by atoms with Crippen molar-refractivity contribution in [1.82, 2.24) is 30.1 Å². The predicted octanol–water partition coefficient (Wildman–Crippen LogP) is 7.09. The summed E-state index contributed by atoms with van der Waals surface area (Å²) in [5.41, 5.74) is 8.56. The molecule has 2 aromatic carbocycles. The molecule has 0 radical (unpaired) electrons. The fraction of sp³-hybridized carbons (Fsp3) is 0.527. The maximum atomic E-state index is 14.9. The Hall–Kier alpha value is -5.70. The number of aliphatic imine (C=N–C) groups is 1. The molecule has 3 fully saturated rings. The summed E-state index contributed by atoms with van der Waals surface area (Å²) in [5, 5.41) is 5.65. The van der Waals surface area contributed by atoms with E-state index in [-0.39, 0.29) is 43.4 Å². The topological polar surface area (TPSA) is 155 Å². The zero-order valence-corrected chi connectivity index (χ0v) is 42.1. The number of carbonyl (C=O) groups is 5. The number of nitrogens with one attached hydrogen (secondary N) is 2. The van der Waals surface area contributed by atoms with Gasteiger partial charge in [0.2, 0.25) is 17.7 Å². The number of allylic oxidation sites excluding steroid dienone is 2. The Morgan fingerprint density at radius 3 is 2.46 bits per heavy atom. The van der Waals surface area contributed by atoms with Gasteiger partial charge in [0.15, 0.2) is 0 Å². The minimum atomic E-state index is -1.19. The maximum Gasteiger partial charge on any atom is 0.259 e. The van der Waals surface area contributed by atoms with Crippen LogP contribution in [-0.2, 0) is 52.8 Å². The molecule has 3 saturated heterocycles. The Morgan fingerprint density at radius 2 is 1.80 bits per heavy atom. The van der Waals surface area contributed by atoms with E-state index in [0.717, 1.165) is 69.2 Å². The normalized spacial score (nSPS) is 25.0. The molecule has 0 aliphatic carbocycles. The number of benzene rings is 2. The Balaban J connectivity index is 1.32. The van der Waals surface area contributed by atoms with Gasteiger partial charge in [-0.3, -0.25) is 29.2 Å². The van der Waals surface area contributed by atoms with Gasteiger partial charge < -0.3 is 34.0 Å². The summed E-state index contributed by atoms with van der Waals surface area (Å²) < 4.78 is 15.2. The van der Waals surface area contributed by atoms with Crippen LogP contribution in [0.25, 0.3) is 27.6 Å². The van der Waals surface area contributed by atoms with Crippen molar-refractivity contribution in [2.45, 2.75) is 124 Å². The number of likely N-dealkylation sites (N-methyl/N-ethyl adjacent to an activating group) is 1. The largest absolute Gasteiger partial charge is 0.378 e. The monoisotopic (exact) mass is 944 g/mol. The Labute approximate surface area is 408 Å². The highest BCUT2D eigenvalue weighted by Crippen LogP contribution is 2.41. The summed E-state index contributed by atoms with van der Waals surface area (Å²) in [6.07, 6.45) is 9.71. The number of rotatable bonds is 12. The van der Waals surface area contributed by atoms with Crippen LogP contribution in [-0.4, -0.2) is 126 Å². The number of hydrogen-bond acceptors (Lipinski definition) is 9. The predicted molar refractivity (Wildman–Crippen MR) is 271 cm³/mol. The van der Waals surface area contributed by atoms with Crippen LogP contribution in [0, 0.1) is 16.7 Å². The van der Waals surface area contributed by atoms with E-state index >= 15 is 0 Å². The molecule has 4 aliphatic rings. The molecular weight excluding hydrogens is 871 g/mol. The molecule has 7 rings (SSSR count). The third kappa shape index (κ3) is 10.6. The van der Waals surface area contributed by atoms with Crippen molar-refractivity contribution >= 4 is 52.6 Å². The molecule has 2 N–H and O–H groups in total. The first-order valence-corrected chi connectivity index (χ1v) is 24.8. The van der Waals surface area contributed by atoms with Crippen LogP contribution in [0.15, 0.2) is 78.5 Å². The van der Waals surface area contributed by atoms with E-state index in [0.29, 0.717) is 58.5 Å². The van der Waals surface area contributed by atoms with E-state index in [4.69, 9.17) is 14.5 Å². The van der Waals surface area contributed by atoms with Crippen molar-refractivity contribution in [3.8, 4) is 11.1 Å². The average molecular weight is 944 g/mol. The number of hydrogen-bond donors (Lipinski definition) is 2. The van der Waals surface area contributed by atoms with Gasteiger partial charge in [-0.05, 0) is 111 Å². The van der Waals surface area contributed by atoms with Gasteiger partial charge in [0.05, 0.1) is 30.0 Å². The number of nitrogens with zero attached hydrogens (tertiary/aromatic N) is 5. The van der Waals surface area contributed by atoms with Gasteiger partial charge in [-0.1, -0.05) is 77.3 Å². The number of aryl methyl sites for hydroxylation is 1. The molecule has 1 aromatic heterocycles. The summed E-state index contributed by atoms with van der Waals surface area (Å²) >= 11 is 0. The third-order valence-corrected chi connectivity index (χ3v) is 14.5. The molecule has 3 aromatic rings. The highest BCUT2D eigenvalue weighted by Gasteiger charge is 2.47. The lowest BCUT2D eigenvalue weighted by molar-refractivity contribution is -0.150. The SMILES string of the molecule is C=CC(=O)N1CCC(C)(C(=O)N(C)[C@H](C(=O)N[C@H]2Cc3cccc(c3)-c3ccc4c(c3)c(c(/C(C=C)=C(/N=CC)[C@@H]3CCCO3)n4CC)CC(C)(C)COC[C@@]3(C=O)CCCN(N3)C2=O)C(C)C)C1. The lowest BCUT2D eigenvalue weighted by atomic mass is 9.83. The minimum Gasteiger partial charge on any atom is -0.378 e. The Kier molecular flexibility index (Phi) is 15.7. The second-order valence-electron chi connectivity index (χ2n) is 20.9. The van der Waals surface area contributed by atoms with E-state index in [9.17, 15) is 24.0 Å². The van der Waals surface area contributed by atoms with Gasteiger partial charge in [0.25, 0.3) is 5.91 Å². The number of aldehydes is 1. The fourth-order valence-corrected chi connectivity index (χ4v) is 11.1. The molecule has 5 atom stereocenters. The fourth-order valence-electron chi connectivity index (χ4n) is 11.1. The van der Waals surface area contributed by atoms with E-state index in [1.807, 2.05) is 52.1 Å². The first-order chi connectivity index (χ1) is 32.9. The average Bonchev–Trinajstić information content (AvgIpc) is 4.09. The van der Waals surface area contributed by atoms with Crippen LogP contribution in [0.5, 0.6) is 0 Å². The van der Waals surface area contributed by atoms with Crippen LogP contribution < -0.4 is 10.7 Å². The van der Waals surface area contributed by atoms with E-state index in [2.05, 4.69) is 79.6 Å². The molecule has 0 saturated carbocycles. The number of fused-ring (bicyclic) bond motifs is 6. The lowest BCUT2D eigenvalue weighted by Crippen LogP contribution is -2.66. The third-order valence-electron chi connectivity index (χ3n) is 14.5. The van der Waals surface area contributed by atoms with Crippen molar-refractivity contribution in [3.05, 3.63) is 90.3 Å². The number of likely N-dealkylation sites (tertiary alicyclic amines) is 1. The number of ether oxygens (including phenoxy) is 2. The molecule has 14 heteroatoms. The zero-order valence-electron chi connectivity index (χ0n) is 42.1. The smallest absolute Gasteiger partial charge is 0.259 e. The number of amides is 4. The maximum absolute atomic E-state index is 14.9. The van der Waals surface area contributed by atoms with E-state index in [1.54, 1.807) is 11.9 Å². The van der Waals surface area contributed by atoms with Crippen LogP contribution in [0.2, 0.25) is 0 Å². The highest BCUT2D eigenvalue weighted by atomic mass is 16.5. The van der Waals surface area contributed by atoms with Gasteiger partial charge in [0.1, 0.15) is 30.0 Å². The summed E-state index contributed by atoms with van der Waals surface area (Å²) in [7, 11) is 1.62. The first kappa shape index (κ1) is 51.2. The quantitative estimate of drug-likeness (QED) is 0.0845. The number of carbonyl (C=O) groups excluding carboxylic acids is 5. The number of hydrazine groups is 1. The molecule has 69 heavy (non-hydrogen) atoms. The minimum absolute atomic E-state index is 0.0274. The van der Waals surface area contributed by atoms with E-state index in [1.165, 1.54) is 16.0 Å². The molecule has 4 amide bonds. The van der Waals surface area contributed by atoms with Gasteiger partial charge >= 0.3 is 0 Å². The standard InChI is InChI=1S/C55H73N7O7/c1-11-40(47(56-13-3)45-20-16-27-69-45)49-42-31-53(7,8)34-68-35-55(33-63)23-17-25-62(58-55)51(66)43(29-37-18-15-19-38(28-37)39-21-22-44(41(42)30-39)61(49)14-4)57-50(65)48(36(5)6)59(10)52(67)54(9)24-26-60(32-54)46(64)12-2/h11-13,15,18-19,21-22,28,30,33,36,43,45,48,58H,1-2,14,16-17,20,23-27,29,31-32,34-35H2,3-10H3,(H,57,65)/b47-40+,56-13?/t43-,45-,48-,54?,55-/m0/s1. The van der Waals surface area contributed by atoms with Crippen LogP contribution in [0.1, 0.15) is 97.4 Å². The van der Waals surface area contributed by atoms with Gasteiger partial charge in [0, 0.05) is 68.9 Å². The van der Waals surface area contributed by atoms with Crippen molar-refractivity contribution in [3.63, 3.8) is 0 Å². The molecule has 6 bridgehead atoms. The summed E-state index contributed by atoms with van der Waals surface area (Å²) in [6, 6.07) is 12.6. The molecule has 14 nitrogen and oxygen atoms in total. The van der Waals surface area contributed by atoms with E-state index < -0.39 is 40.3 Å². The summed E-state index contributed by atoms with van der Waals surface area (Å²) in [5.74, 6) is -1.70. The van der Waals surface area contributed by atoms with Gasteiger partial charge in [-0.25, -0.2) is 5.43 Å². The van der Waals surface area contributed by atoms with Gasteiger partial charge in [-0.2, -0.15) is 0 Å². The Morgan fingerprint density at radius 1 is 1.03 bits per heavy atom. The van der Waals surface area contributed by atoms with Crippen molar-refractivity contribution < 1.29 is 33.4 Å². The second kappa shape index (κ2) is 21.1. The molecular formula is C55H73N7O7. The highest BCUT2D eigenvalue weighted by molar-refractivity contribution is 5.97. The molecule has 5 heterocycles. The van der Waals surface area contributed by atoms with Gasteiger partial charge in [-0.15, -0.1) is 0 Å². The van der Waals surface area contributed by atoms with Crippen LogP contribution in [0.4, 0.5) is 0 Å². The Bertz CT molecular complexity index is 2530. The molecule has 0 spiro atoms. The van der Waals surface area contributed by atoms with Crippen molar-refractivity contribution in [2.75, 3.05) is 46.5 Å². The lowest BCUT2D eigenvalue weighted by Gasteiger charge is -2.42. The second-order valence-corrected chi connectivity index (χ2v) is 20.9. The van der Waals surface area contributed by atoms with Crippen LogP contribution >= 0.6 is 0 Å². The van der Waals surface area contributed by atoms with Crippen LogP contribution in [0.3, 0.4) is 0 Å². The molecule has 370 valence electrons. The summed E-state index contributed by atoms with van der Waals surface area (Å²) in [4.78, 5) is 77.6. The zero-order chi connectivity index (χ0) is 49.8. The molecule has 1 unspecified atom stereocenters. The first-order valence-electron chi connectivity index (χ1n) is 24.8. The van der Waals surface area contributed by atoms with Crippen molar-refractivity contribution in [1.29, 1.82) is 0 Å².